The zero-order valence-corrected chi connectivity index (χ0v) is 14.5. The van der Waals surface area contributed by atoms with Crippen molar-refractivity contribution in [1.29, 1.82) is 0 Å². The molecule has 0 fully saturated rings. The van der Waals surface area contributed by atoms with Crippen LogP contribution >= 0.6 is 23.4 Å². The van der Waals surface area contributed by atoms with E-state index in [9.17, 15) is 4.79 Å². The Morgan fingerprint density at radius 1 is 1.38 bits per heavy atom. The van der Waals surface area contributed by atoms with Crippen molar-refractivity contribution in [3.8, 4) is 0 Å². The maximum atomic E-state index is 11.7. The number of carbonyl (C=O) groups is 1. The maximum Gasteiger partial charge on any atom is 0.325 e. The highest BCUT2D eigenvalue weighted by molar-refractivity contribution is 7.98. The molecule has 0 heterocycles. The van der Waals surface area contributed by atoms with E-state index in [4.69, 9.17) is 16.3 Å². The lowest BCUT2D eigenvalue weighted by Gasteiger charge is -2.25. The van der Waals surface area contributed by atoms with Gasteiger partial charge in [-0.3, -0.25) is 4.79 Å². The van der Waals surface area contributed by atoms with E-state index in [1.807, 2.05) is 36.9 Å². The van der Waals surface area contributed by atoms with Crippen LogP contribution in [-0.4, -0.2) is 31.4 Å². The van der Waals surface area contributed by atoms with E-state index in [1.165, 1.54) is 12.7 Å². The van der Waals surface area contributed by atoms with E-state index >= 15 is 0 Å². The monoisotopic (exact) mass is 329 g/mol. The van der Waals surface area contributed by atoms with Gasteiger partial charge in [0.1, 0.15) is 5.54 Å². The van der Waals surface area contributed by atoms with Crippen molar-refractivity contribution in [2.24, 2.45) is 0 Å². The molecule has 3 nitrogen and oxygen atoms in total. The van der Waals surface area contributed by atoms with E-state index in [-0.39, 0.29) is 5.97 Å². The first kappa shape index (κ1) is 18.3. The fraction of sp³-hybridized carbons (Fsp3) is 0.562. The number of benzene rings is 1. The number of nitrogens with one attached hydrogen (secondary N) is 1. The Labute approximate surface area is 136 Å². The molecule has 0 saturated carbocycles. The van der Waals surface area contributed by atoms with Gasteiger partial charge in [0.2, 0.25) is 0 Å². The highest BCUT2D eigenvalue weighted by Crippen LogP contribution is 2.22. The molecule has 1 N–H and O–H groups in total. The average Bonchev–Trinajstić information content (AvgIpc) is 2.51. The van der Waals surface area contributed by atoms with Crippen molar-refractivity contribution in [2.75, 3.05) is 19.9 Å². The number of ether oxygens (including phenoxy) is 1. The summed E-state index contributed by atoms with van der Waals surface area (Å²) in [6, 6.07) is 7.94. The Hall–Kier alpha value is -0.710. The number of esters is 1. The zero-order chi connectivity index (χ0) is 15.7. The van der Waals surface area contributed by atoms with Crippen molar-refractivity contribution in [3.05, 3.63) is 34.9 Å². The molecule has 0 aromatic heterocycles. The smallest absolute Gasteiger partial charge is 0.325 e. The number of rotatable bonds is 9. The lowest BCUT2D eigenvalue weighted by molar-refractivity contribution is -0.148. The SMILES string of the molecule is CNC(C)(CCCCSCc1ccccc1Cl)C(=O)OC. The summed E-state index contributed by atoms with van der Waals surface area (Å²) in [7, 11) is 3.22. The van der Waals surface area contributed by atoms with E-state index in [1.54, 1.807) is 7.05 Å². The van der Waals surface area contributed by atoms with Gasteiger partial charge in [0, 0.05) is 10.8 Å². The molecular weight excluding hydrogens is 306 g/mol. The number of likely N-dealkylation sites (N-methyl/N-ethyl adjacent to an activating group) is 1. The van der Waals surface area contributed by atoms with Crippen LogP contribution in [0.3, 0.4) is 0 Å². The minimum Gasteiger partial charge on any atom is -0.468 e. The third-order valence-corrected chi connectivity index (χ3v) is 5.08. The van der Waals surface area contributed by atoms with Crippen LogP contribution in [0.2, 0.25) is 5.02 Å². The predicted octanol–water partition coefficient (Wildman–Crippen LogP) is 3.89. The van der Waals surface area contributed by atoms with Crippen molar-refractivity contribution in [3.63, 3.8) is 0 Å². The third kappa shape index (κ3) is 5.89. The first-order valence-electron chi connectivity index (χ1n) is 7.12. The van der Waals surface area contributed by atoms with Crippen LogP contribution in [0.5, 0.6) is 0 Å². The fourth-order valence-electron chi connectivity index (χ4n) is 2.03. The van der Waals surface area contributed by atoms with Crippen LogP contribution in [0.1, 0.15) is 31.7 Å². The van der Waals surface area contributed by atoms with Crippen LogP contribution in [-0.2, 0) is 15.3 Å². The van der Waals surface area contributed by atoms with Gasteiger partial charge in [-0.2, -0.15) is 11.8 Å². The summed E-state index contributed by atoms with van der Waals surface area (Å²) >= 11 is 7.99. The molecule has 0 amide bonds. The molecule has 1 aromatic rings. The first-order chi connectivity index (χ1) is 10.0. The minimum atomic E-state index is -0.581. The minimum absolute atomic E-state index is 0.200. The molecule has 0 aliphatic heterocycles. The summed E-state index contributed by atoms with van der Waals surface area (Å²) < 4.78 is 4.83. The van der Waals surface area contributed by atoms with Gasteiger partial charge in [-0.05, 0) is 44.2 Å². The second-order valence-electron chi connectivity index (χ2n) is 5.17. The molecule has 5 heteroatoms. The molecule has 118 valence electrons. The summed E-state index contributed by atoms with van der Waals surface area (Å²) in [6.45, 7) is 1.88. The number of thioether (sulfide) groups is 1. The lowest BCUT2D eigenvalue weighted by Crippen LogP contribution is -2.48. The van der Waals surface area contributed by atoms with Crippen LogP contribution in [0.25, 0.3) is 0 Å². The van der Waals surface area contributed by atoms with Crippen molar-refractivity contribution in [2.45, 2.75) is 37.5 Å². The lowest BCUT2D eigenvalue weighted by atomic mass is 9.95. The molecule has 1 rings (SSSR count). The summed E-state index contributed by atoms with van der Waals surface area (Å²) in [5, 5.41) is 3.89. The molecule has 0 aliphatic rings. The standard InChI is InChI=1S/C16H24ClNO2S/c1-16(18-2,15(19)20-3)10-6-7-11-21-12-13-8-4-5-9-14(13)17/h4-5,8-9,18H,6-7,10-12H2,1-3H3. The van der Waals surface area contributed by atoms with Crippen molar-refractivity contribution in [1.82, 2.24) is 5.32 Å². The summed E-state index contributed by atoms with van der Waals surface area (Å²) in [6.07, 6.45) is 2.84. The summed E-state index contributed by atoms with van der Waals surface area (Å²) in [5.74, 6) is 1.79. The normalized spacial score (nSPS) is 13.7. The Morgan fingerprint density at radius 2 is 2.10 bits per heavy atom. The van der Waals surface area contributed by atoms with Gasteiger partial charge in [-0.15, -0.1) is 0 Å². The molecule has 0 radical (unpaired) electrons. The van der Waals surface area contributed by atoms with Gasteiger partial charge in [0.15, 0.2) is 0 Å². The Bertz CT molecular complexity index is 456. The van der Waals surface area contributed by atoms with E-state index in [0.717, 1.165) is 35.8 Å². The maximum absolute atomic E-state index is 11.7. The Kier molecular flexibility index (Phi) is 8.15. The quantitative estimate of drug-likeness (QED) is 0.551. The van der Waals surface area contributed by atoms with Gasteiger partial charge in [0.05, 0.1) is 7.11 Å². The summed E-state index contributed by atoms with van der Waals surface area (Å²) in [4.78, 5) is 11.7. The second kappa shape index (κ2) is 9.34. The number of halogens is 1. The number of carbonyl (C=O) groups excluding carboxylic acids is 1. The Balaban J connectivity index is 2.23. The molecule has 0 bridgehead atoms. The van der Waals surface area contributed by atoms with Crippen LogP contribution in [0, 0.1) is 0 Å². The van der Waals surface area contributed by atoms with Crippen LogP contribution in [0.4, 0.5) is 0 Å². The van der Waals surface area contributed by atoms with Gasteiger partial charge < -0.3 is 10.1 Å². The highest BCUT2D eigenvalue weighted by Gasteiger charge is 2.31. The molecule has 1 unspecified atom stereocenters. The largest absolute Gasteiger partial charge is 0.468 e. The van der Waals surface area contributed by atoms with E-state index < -0.39 is 5.54 Å². The van der Waals surface area contributed by atoms with Gasteiger partial charge >= 0.3 is 5.97 Å². The number of hydrogen-bond donors (Lipinski definition) is 1. The fourth-order valence-corrected chi connectivity index (χ4v) is 3.34. The van der Waals surface area contributed by atoms with Crippen LogP contribution < -0.4 is 5.32 Å². The van der Waals surface area contributed by atoms with Gasteiger partial charge in [-0.25, -0.2) is 0 Å². The topological polar surface area (TPSA) is 38.3 Å². The van der Waals surface area contributed by atoms with Crippen LogP contribution in [0.15, 0.2) is 24.3 Å². The van der Waals surface area contributed by atoms with Gasteiger partial charge in [-0.1, -0.05) is 36.2 Å². The molecule has 0 aliphatic carbocycles. The summed E-state index contributed by atoms with van der Waals surface area (Å²) in [5.41, 5.74) is 0.598. The first-order valence-corrected chi connectivity index (χ1v) is 8.65. The molecular formula is C16H24ClNO2S. The molecule has 1 aromatic carbocycles. The Morgan fingerprint density at radius 3 is 2.71 bits per heavy atom. The molecule has 21 heavy (non-hydrogen) atoms. The number of methoxy groups -OCH3 is 1. The van der Waals surface area contributed by atoms with Crippen molar-refractivity contribution < 1.29 is 9.53 Å². The molecule has 1 atom stereocenters. The molecule has 0 saturated heterocycles. The third-order valence-electron chi connectivity index (χ3n) is 3.62. The number of hydrogen-bond acceptors (Lipinski definition) is 4. The number of unbranched alkanes of at least 4 members (excludes halogenated alkanes) is 1. The molecule has 0 spiro atoms. The predicted molar refractivity (Wildman–Crippen MR) is 90.9 cm³/mol. The second-order valence-corrected chi connectivity index (χ2v) is 6.69. The zero-order valence-electron chi connectivity index (χ0n) is 12.9. The van der Waals surface area contributed by atoms with Crippen molar-refractivity contribution >= 4 is 29.3 Å². The van der Waals surface area contributed by atoms with Gasteiger partial charge in [0.25, 0.3) is 0 Å². The average molecular weight is 330 g/mol. The van der Waals surface area contributed by atoms with E-state index in [0.29, 0.717) is 0 Å². The highest BCUT2D eigenvalue weighted by atomic mass is 35.5. The van der Waals surface area contributed by atoms with E-state index in [2.05, 4.69) is 11.4 Å².